The van der Waals surface area contributed by atoms with Gasteiger partial charge in [0, 0.05) is 12.6 Å². The van der Waals surface area contributed by atoms with Crippen molar-refractivity contribution >= 4 is 33.0 Å². The molecule has 1 saturated heterocycles. The number of sulfonamides is 1. The summed E-state index contributed by atoms with van der Waals surface area (Å²) < 4.78 is 27.0. The molecule has 2 heterocycles. The van der Waals surface area contributed by atoms with Crippen LogP contribution in [0.3, 0.4) is 0 Å². The van der Waals surface area contributed by atoms with Crippen LogP contribution in [0.5, 0.6) is 0 Å². The van der Waals surface area contributed by atoms with Gasteiger partial charge in [-0.15, -0.1) is 11.3 Å². The van der Waals surface area contributed by atoms with E-state index in [1.54, 1.807) is 6.07 Å². The van der Waals surface area contributed by atoms with E-state index in [0.29, 0.717) is 10.9 Å². The highest BCUT2D eigenvalue weighted by molar-refractivity contribution is 7.91. The zero-order valence-corrected chi connectivity index (χ0v) is 11.0. The molecule has 4 nitrogen and oxygen atoms in total. The second kappa shape index (κ2) is 5.01. The van der Waals surface area contributed by atoms with Crippen LogP contribution in [0.4, 0.5) is 0 Å². The fourth-order valence-corrected chi connectivity index (χ4v) is 4.26. The molecule has 1 unspecified atom stereocenters. The highest BCUT2D eigenvalue weighted by Gasteiger charge is 2.20. The maximum atomic E-state index is 11.8. The van der Waals surface area contributed by atoms with E-state index in [2.05, 4.69) is 10.0 Å². The van der Waals surface area contributed by atoms with Crippen LogP contribution in [0.15, 0.2) is 16.3 Å². The quantitative estimate of drug-likeness (QED) is 0.877. The van der Waals surface area contributed by atoms with Crippen LogP contribution in [-0.2, 0) is 10.0 Å². The van der Waals surface area contributed by atoms with Gasteiger partial charge >= 0.3 is 0 Å². The van der Waals surface area contributed by atoms with Gasteiger partial charge in [0.15, 0.2) is 0 Å². The molecule has 0 radical (unpaired) electrons. The van der Waals surface area contributed by atoms with Crippen molar-refractivity contribution in [2.24, 2.45) is 0 Å². The van der Waals surface area contributed by atoms with Gasteiger partial charge in [-0.2, -0.15) is 0 Å². The fourth-order valence-electron chi connectivity index (χ4n) is 1.65. The van der Waals surface area contributed by atoms with Gasteiger partial charge < -0.3 is 5.32 Å². The molecule has 1 fully saturated rings. The lowest BCUT2D eigenvalue weighted by atomic mass is 10.2. The summed E-state index contributed by atoms with van der Waals surface area (Å²) in [4.78, 5) is 0. The van der Waals surface area contributed by atoms with Crippen LogP contribution in [0.2, 0.25) is 4.34 Å². The fraction of sp³-hybridized carbons (Fsp3) is 0.556. The normalized spacial score (nSPS) is 21.4. The van der Waals surface area contributed by atoms with Crippen molar-refractivity contribution < 1.29 is 8.42 Å². The zero-order valence-electron chi connectivity index (χ0n) is 8.57. The Morgan fingerprint density at radius 2 is 2.38 bits per heavy atom. The molecule has 1 aromatic heterocycles. The Labute approximate surface area is 104 Å². The van der Waals surface area contributed by atoms with Crippen molar-refractivity contribution in [3.8, 4) is 0 Å². The standard InChI is InChI=1S/C9H13ClN2O2S2/c10-8-3-4-9(15-8)16(13,14)12-6-7-2-1-5-11-7/h3-4,7,11-12H,1-2,5-6H2. The Kier molecular flexibility index (Phi) is 3.86. The van der Waals surface area contributed by atoms with E-state index in [-0.39, 0.29) is 10.3 Å². The van der Waals surface area contributed by atoms with Crippen LogP contribution in [-0.4, -0.2) is 27.5 Å². The average Bonchev–Trinajstić information content (AvgIpc) is 2.85. The first kappa shape index (κ1) is 12.3. The van der Waals surface area contributed by atoms with Gasteiger partial charge in [-0.25, -0.2) is 13.1 Å². The monoisotopic (exact) mass is 280 g/mol. The number of hydrogen-bond donors (Lipinski definition) is 2. The summed E-state index contributed by atoms with van der Waals surface area (Å²) in [6, 6.07) is 3.37. The maximum Gasteiger partial charge on any atom is 0.250 e. The van der Waals surface area contributed by atoms with Crippen LogP contribution >= 0.6 is 22.9 Å². The molecular weight excluding hydrogens is 268 g/mol. The van der Waals surface area contributed by atoms with Crippen molar-refractivity contribution in [1.29, 1.82) is 0 Å². The number of nitrogens with one attached hydrogen (secondary N) is 2. The largest absolute Gasteiger partial charge is 0.313 e. The smallest absolute Gasteiger partial charge is 0.250 e. The molecule has 16 heavy (non-hydrogen) atoms. The third-order valence-electron chi connectivity index (χ3n) is 2.50. The second-order valence-electron chi connectivity index (χ2n) is 3.70. The van der Waals surface area contributed by atoms with E-state index in [0.717, 1.165) is 30.7 Å². The van der Waals surface area contributed by atoms with Gasteiger partial charge in [-0.3, -0.25) is 0 Å². The molecule has 7 heteroatoms. The van der Waals surface area contributed by atoms with Gasteiger partial charge in [0.05, 0.1) is 4.34 Å². The third kappa shape index (κ3) is 2.95. The van der Waals surface area contributed by atoms with Gasteiger partial charge in [0.25, 0.3) is 0 Å². The van der Waals surface area contributed by atoms with Crippen molar-refractivity contribution in [1.82, 2.24) is 10.0 Å². The van der Waals surface area contributed by atoms with Crippen LogP contribution in [0.25, 0.3) is 0 Å². The van der Waals surface area contributed by atoms with E-state index in [4.69, 9.17) is 11.6 Å². The van der Waals surface area contributed by atoms with E-state index >= 15 is 0 Å². The Hall–Kier alpha value is -0.140. The minimum Gasteiger partial charge on any atom is -0.313 e. The van der Waals surface area contributed by atoms with Crippen LogP contribution in [0, 0.1) is 0 Å². The lowest BCUT2D eigenvalue weighted by Gasteiger charge is -2.10. The first-order valence-electron chi connectivity index (χ1n) is 5.06. The Morgan fingerprint density at radius 3 is 2.94 bits per heavy atom. The van der Waals surface area contributed by atoms with Crippen LogP contribution in [0.1, 0.15) is 12.8 Å². The predicted molar refractivity (Wildman–Crippen MR) is 65.5 cm³/mol. The average molecular weight is 281 g/mol. The molecule has 1 aliphatic rings. The maximum absolute atomic E-state index is 11.8. The molecule has 0 saturated carbocycles. The van der Waals surface area contributed by atoms with Crippen molar-refractivity contribution in [3.63, 3.8) is 0 Å². The first-order chi connectivity index (χ1) is 7.58. The van der Waals surface area contributed by atoms with E-state index < -0.39 is 10.0 Å². The molecule has 0 spiro atoms. The van der Waals surface area contributed by atoms with Crippen LogP contribution < -0.4 is 10.0 Å². The minimum atomic E-state index is -3.38. The summed E-state index contributed by atoms with van der Waals surface area (Å²) in [7, 11) is -3.38. The highest BCUT2D eigenvalue weighted by atomic mass is 35.5. The molecule has 0 bridgehead atoms. The number of halogens is 1. The summed E-state index contributed by atoms with van der Waals surface area (Å²) >= 11 is 6.78. The highest BCUT2D eigenvalue weighted by Crippen LogP contribution is 2.25. The second-order valence-corrected chi connectivity index (χ2v) is 7.41. The molecule has 1 atom stereocenters. The minimum absolute atomic E-state index is 0.255. The Morgan fingerprint density at radius 1 is 1.56 bits per heavy atom. The predicted octanol–water partition coefficient (Wildman–Crippen LogP) is 1.43. The van der Waals surface area contributed by atoms with E-state index in [1.807, 2.05) is 0 Å². The van der Waals surface area contributed by atoms with Crippen molar-refractivity contribution in [2.45, 2.75) is 23.1 Å². The lowest BCUT2D eigenvalue weighted by Crippen LogP contribution is -2.36. The summed E-state index contributed by atoms with van der Waals surface area (Å²) in [5.41, 5.74) is 0. The van der Waals surface area contributed by atoms with E-state index in [9.17, 15) is 8.42 Å². The topological polar surface area (TPSA) is 58.2 Å². The molecule has 0 aromatic carbocycles. The Bertz CT molecular complexity index is 452. The SMILES string of the molecule is O=S(=O)(NCC1CCCN1)c1ccc(Cl)s1. The molecule has 0 aliphatic carbocycles. The van der Waals surface area contributed by atoms with Gasteiger partial charge in [-0.05, 0) is 31.5 Å². The lowest BCUT2D eigenvalue weighted by molar-refractivity contribution is 0.553. The summed E-state index contributed by atoms with van der Waals surface area (Å²) in [5, 5.41) is 3.24. The molecule has 2 rings (SSSR count). The van der Waals surface area contributed by atoms with Crippen molar-refractivity contribution in [3.05, 3.63) is 16.5 Å². The molecule has 2 N–H and O–H groups in total. The molecular formula is C9H13ClN2O2S2. The summed E-state index contributed by atoms with van der Waals surface area (Å²) in [6.07, 6.45) is 2.13. The summed E-state index contributed by atoms with van der Waals surface area (Å²) in [5.74, 6) is 0. The molecule has 90 valence electrons. The van der Waals surface area contributed by atoms with Gasteiger partial charge in [0.2, 0.25) is 10.0 Å². The third-order valence-corrected chi connectivity index (χ3v) is 5.64. The van der Waals surface area contributed by atoms with Gasteiger partial charge in [0.1, 0.15) is 4.21 Å². The number of thiophene rings is 1. The molecule has 1 aliphatic heterocycles. The zero-order chi connectivity index (χ0) is 11.6. The molecule has 1 aromatic rings. The number of hydrogen-bond acceptors (Lipinski definition) is 4. The summed E-state index contributed by atoms with van der Waals surface area (Å²) in [6.45, 7) is 1.41. The van der Waals surface area contributed by atoms with Crippen molar-refractivity contribution in [2.75, 3.05) is 13.1 Å². The molecule has 0 amide bonds. The van der Waals surface area contributed by atoms with E-state index in [1.165, 1.54) is 6.07 Å². The number of rotatable bonds is 4. The first-order valence-corrected chi connectivity index (χ1v) is 7.74. The Balaban J connectivity index is 1.97. The van der Waals surface area contributed by atoms with Gasteiger partial charge in [-0.1, -0.05) is 11.6 Å².